The van der Waals surface area contributed by atoms with Crippen molar-refractivity contribution in [1.29, 1.82) is 0 Å². The molecule has 0 spiro atoms. The van der Waals surface area contributed by atoms with E-state index in [1.807, 2.05) is 0 Å². The molecule has 0 saturated heterocycles. The molecule has 0 radical (unpaired) electrons. The summed E-state index contributed by atoms with van der Waals surface area (Å²) in [5.41, 5.74) is 1.19. The Labute approximate surface area is 168 Å². The maximum absolute atomic E-state index is 12.4. The largest absolute Gasteiger partial charge is 0.465 e. The Morgan fingerprint density at radius 2 is 1.31 bits per heavy atom. The van der Waals surface area contributed by atoms with Gasteiger partial charge in [0.05, 0.1) is 28.9 Å². The highest BCUT2D eigenvalue weighted by molar-refractivity contribution is 7.90. The average molecular weight is 410 g/mol. The molecule has 0 aliphatic carbocycles. The number of carbonyl (C=O) groups excluding carboxylic acids is 2. The normalized spacial score (nSPS) is 10.9. The number of benzene rings is 3. The van der Waals surface area contributed by atoms with E-state index in [0.29, 0.717) is 11.1 Å². The van der Waals surface area contributed by atoms with E-state index in [-0.39, 0.29) is 22.0 Å². The number of rotatable bonds is 6. The van der Waals surface area contributed by atoms with Crippen molar-refractivity contribution in [2.75, 3.05) is 7.11 Å². The molecule has 0 bridgehead atoms. The summed E-state index contributed by atoms with van der Waals surface area (Å²) in [6, 6.07) is 20.3. The van der Waals surface area contributed by atoms with Crippen molar-refractivity contribution in [2.45, 2.75) is 10.6 Å². The highest BCUT2D eigenvalue weighted by atomic mass is 32.2. The lowest BCUT2D eigenvalue weighted by molar-refractivity contribution is 0.0600. The summed E-state index contributed by atoms with van der Waals surface area (Å²) < 4.78 is 34.7. The SMILES string of the molecule is COC(=O)c1ccc(OC(=O)c2ccc(CS(=O)(=O)c3ccccc3)cc2)cc1. The number of hydrogen-bond acceptors (Lipinski definition) is 6. The number of carbonyl (C=O) groups is 2. The van der Waals surface area contributed by atoms with Crippen LogP contribution in [0.3, 0.4) is 0 Å². The number of hydrogen-bond donors (Lipinski definition) is 0. The Bertz CT molecular complexity index is 1100. The first kappa shape index (κ1) is 20.3. The molecule has 0 saturated carbocycles. The summed E-state index contributed by atoms with van der Waals surface area (Å²) in [5.74, 6) is -0.961. The van der Waals surface area contributed by atoms with Gasteiger partial charge in [-0.3, -0.25) is 0 Å². The van der Waals surface area contributed by atoms with Gasteiger partial charge in [-0.05, 0) is 54.1 Å². The zero-order valence-corrected chi connectivity index (χ0v) is 16.4. The van der Waals surface area contributed by atoms with Gasteiger partial charge < -0.3 is 9.47 Å². The molecule has 0 atom stereocenters. The fraction of sp³-hybridized carbons (Fsp3) is 0.0909. The molecule has 0 fully saturated rings. The van der Waals surface area contributed by atoms with Crippen molar-refractivity contribution in [1.82, 2.24) is 0 Å². The van der Waals surface area contributed by atoms with Gasteiger partial charge in [0, 0.05) is 0 Å². The van der Waals surface area contributed by atoms with Crippen LogP contribution in [0.2, 0.25) is 0 Å². The summed E-state index contributed by atoms with van der Waals surface area (Å²) >= 11 is 0. The molecule has 148 valence electrons. The standard InChI is InChI=1S/C22H18O6S/c1-27-21(23)17-11-13-19(14-12-17)28-22(24)18-9-7-16(8-10-18)15-29(25,26)20-5-3-2-4-6-20/h2-14H,15H2,1H3. The van der Waals surface area contributed by atoms with Gasteiger partial charge in [-0.1, -0.05) is 30.3 Å². The fourth-order valence-electron chi connectivity index (χ4n) is 2.61. The fourth-order valence-corrected chi connectivity index (χ4v) is 3.98. The molecule has 0 unspecified atom stereocenters. The van der Waals surface area contributed by atoms with Gasteiger partial charge in [0.2, 0.25) is 0 Å². The minimum absolute atomic E-state index is 0.165. The van der Waals surface area contributed by atoms with Crippen LogP contribution in [-0.4, -0.2) is 27.5 Å². The van der Waals surface area contributed by atoms with Crippen molar-refractivity contribution >= 4 is 21.8 Å². The molecule has 3 rings (SSSR count). The Morgan fingerprint density at radius 1 is 0.759 bits per heavy atom. The van der Waals surface area contributed by atoms with Crippen molar-refractivity contribution in [2.24, 2.45) is 0 Å². The first-order valence-corrected chi connectivity index (χ1v) is 10.3. The average Bonchev–Trinajstić information content (AvgIpc) is 2.74. The van der Waals surface area contributed by atoms with Crippen LogP contribution in [0.15, 0.2) is 83.8 Å². The minimum atomic E-state index is -3.46. The van der Waals surface area contributed by atoms with Gasteiger partial charge >= 0.3 is 11.9 Å². The maximum atomic E-state index is 12.4. The van der Waals surface area contributed by atoms with Crippen LogP contribution in [0.5, 0.6) is 5.75 Å². The summed E-state index contributed by atoms with van der Waals surface area (Å²) in [7, 11) is -2.18. The monoisotopic (exact) mass is 410 g/mol. The van der Waals surface area contributed by atoms with Crippen LogP contribution < -0.4 is 4.74 Å². The van der Waals surface area contributed by atoms with Crippen LogP contribution in [0.25, 0.3) is 0 Å². The molecule has 0 N–H and O–H groups in total. The zero-order chi connectivity index (χ0) is 20.9. The molecule has 0 aliphatic heterocycles. The van der Waals surface area contributed by atoms with Crippen LogP contribution in [0.4, 0.5) is 0 Å². The Kier molecular flexibility index (Phi) is 6.09. The second kappa shape index (κ2) is 8.70. The van der Waals surface area contributed by atoms with E-state index in [1.165, 1.54) is 43.5 Å². The van der Waals surface area contributed by atoms with Crippen molar-refractivity contribution in [3.63, 3.8) is 0 Å². The van der Waals surface area contributed by atoms with Gasteiger partial charge in [-0.25, -0.2) is 18.0 Å². The van der Waals surface area contributed by atoms with Gasteiger partial charge in [-0.15, -0.1) is 0 Å². The van der Waals surface area contributed by atoms with Gasteiger partial charge in [0.15, 0.2) is 9.84 Å². The smallest absolute Gasteiger partial charge is 0.343 e. The number of methoxy groups -OCH3 is 1. The van der Waals surface area contributed by atoms with E-state index in [1.54, 1.807) is 42.5 Å². The lowest BCUT2D eigenvalue weighted by Crippen LogP contribution is -2.09. The molecular weight excluding hydrogens is 392 g/mol. The maximum Gasteiger partial charge on any atom is 0.343 e. The van der Waals surface area contributed by atoms with Crippen LogP contribution >= 0.6 is 0 Å². The first-order chi connectivity index (χ1) is 13.9. The van der Waals surface area contributed by atoms with Crippen LogP contribution in [0, 0.1) is 0 Å². The number of sulfone groups is 1. The van der Waals surface area contributed by atoms with Gasteiger partial charge in [0.1, 0.15) is 5.75 Å². The molecule has 6 nitrogen and oxygen atoms in total. The lowest BCUT2D eigenvalue weighted by atomic mass is 10.1. The highest BCUT2D eigenvalue weighted by Gasteiger charge is 2.16. The predicted octanol–water partition coefficient (Wildman–Crippen LogP) is 3.67. The molecule has 7 heteroatoms. The van der Waals surface area contributed by atoms with Crippen LogP contribution in [0.1, 0.15) is 26.3 Å². The Balaban J connectivity index is 1.66. The highest BCUT2D eigenvalue weighted by Crippen LogP contribution is 2.18. The third kappa shape index (κ3) is 5.08. The van der Waals surface area contributed by atoms with Crippen molar-refractivity contribution in [3.05, 3.63) is 95.6 Å². The van der Waals surface area contributed by atoms with Gasteiger partial charge in [-0.2, -0.15) is 0 Å². The van der Waals surface area contributed by atoms with Gasteiger partial charge in [0.25, 0.3) is 0 Å². The van der Waals surface area contributed by atoms with Crippen molar-refractivity contribution < 1.29 is 27.5 Å². The Morgan fingerprint density at radius 3 is 1.90 bits per heavy atom. The molecule has 0 aliphatic rings. The molecule has 0 amide bonds. The van der Waals surface area contributed by atoms with E-state index in [2.05, 4.69) is 4.74 Å². The Hall–Kier alpha value is -3.45. The minimum Gasteiger partial charge on any atom is -0.465 e. The number of ether oxygens (including phenoxy) is 2. The quantitative estimate of drug-likeness (QED) is 0.455. The molecule has 0 aromatic heterocycles. The third-order valence-corrected chi connectivity index (χ3v) is 5.84. The van der Waals surface area contributed by atoms with E-state index in [4.69, 9.17) is 4.74 Å². The van der Waals surface area contributed by atoms with E-state index in [0.717, 1.165) is 0 Å². The van der Waals surface area contributed by atoms with E-state index < -0.39 is 21.8 Å². The molecular formula is C22H18O6S. The number of esters is 2. The second-order valence-electron chi connectivity index (χ2n) is 6.17. The van der Waals surface area contributed by atoms with Crippen LogP contribution in [-0.2, 0) is 20.3 Å². The second-order valence-corrected chi connectivity index (χ2v) is 8.16. The van der Waals surface area contributed by atoms with Crippen molar-refractivity contribution in [3.8, 4) is 5.75 Å². The topological polar surface area (TPSA) is 86.7 Å². The third-order valence-electron chi connectivity index (χ3n) is 4.13. The molecule has 29 heavy (non-hydrogen) atoms. The summed E-state index contributed by atoms with van der Waals surface area (Å²) in [5, 5.41) is 0. The zero-order valence-electron chi connectivity index (χ0n) is 15.6. The lowest BCUT2D eigenvalue weighted by Gasteiger charge is -2.07. The molecule has 3 aromatic carbocycles. The summed E-state index contributed by atoms with van der Waals surface area (Å²) in [4.78, 5) is 23.9. The molecule has 0 heterocycles. The van der Waals surface area contributed by atoms with E-state index >= 15 is 0 Å². The summed E-state index contributed by atoms with van der Waals surface area (Å²) in [6.45, 7) is 0. The predicted molar refractivity (Wildman–Crippen MR) is 107 cm³/mol. The first-order valence-electron chi connectivity index (χ1n) is 8.66. The van der Waals surface area contributed by atoms with E-state index in [9.17, 15) is 18.0 Å². The summed E-state index contributed by atoms with van der Waals surface area (Å²) in [6.07, 6.45) is 0. The molecule has 3 aromatic rings.